The van der Waals surface area contributed by atoms with Crippen LogP contribution in [0.15, 0.2) is 23.4 Å². The van der Waals surface area contributed by atoms with Gasteiger partial charge in [-0.15, -0.1) is 5.10 Å². The highest BCUT2D eigenvalue weighted by molar-refractivity contribution is 7.99. The van der Waals surface area contributed by atoms with Gasteiger partial charge in [0.25, 0.3) is 0 Å². The first kappa shape index (κ1) is 15.0. The second-order valence-electron chi connectivity index (χ2n) is 5.72. The average molecular weight is 317 g/mol. The van der Waals surface area contributed by atoms with Crippen molar-refractivity contribution in [3.8, 4) is 0 Å². The smallest absolute Gasteiger partial charge is 0.237 e. The van der Waals surface area contributed by atoms with E-state index in [-0.39, 0.29) is 5.91 Å². The highest BCUT2D eigenvalue weighted by Crippen LogP contribution is 2.36. The van der Waals surface area contributed by atoms with Crippen LogP contribution in [0.3, 0.4) is 0 Å². The van der Waals surface area contributed by atoms with Gasteiger partial charge in [-0.2, -0.15) is 0 Å². The van der Waals surface area contributed by atoms with E-state index >= 15 is 0 Å². The Morgan fingerprint density at radius 2 is 2.00 bits per heavy atom. The van der Waals surface area contributed by atoms with Gasteiger partial charge in [-0.05, 0) is 60.4 Å². The lowest BCUT2D eigenvalue weighted by Gasteiger charge is -2.18. The highest BCUT2D eigenvalue weighted by Gasteiger charge is 2.28. The first-order chi connectivity index (χ1) is 10.5. The molecule has 22 heavy (non-hydrogen) atoms. The van der Waals surface area contributed by atoms with Crippen molar-refractivity contribution in [2.24, 2.45) is 0 Å². The number of benzene rings is 1. The van der Waals surface area contributed by atoms with Crippen molar-refractivity contribution < 1.29 is 4.79 Å². The van der Waals surface area contributed by atoms with E-state index in [1.807, 2.05) is 30.7 Å². The summed E-state index contributed by atoms with van der Waals surface area (Å²) in [5.41, 5.74) is 3.23. The lowest BCUT2D eigenvalue weighted by Crippen LogP contribution is -2.28. The third kappa shape index (κ3) is 3.30. The number of hydrogen-bond donors (Lipinski definition) is 0. The van der Waals surface area contributed by atoms with E-state index in [4.69, 9.17) is 0 Å². The number of aromatic nitrogens is 4. The van der Waals surface area contributed by atoms with Gasteiger partial charge in [-0.25, -0.2) is 4.68 Å². The largest absolute Gasteiger partial charge is 0.315 e. The maximum absolute atomic E-state index is 12.4. The van der Waals surface area contributed by atoms with Crippen LogP contribution in [0.5, 0.6) is 0 Å². The second-order valence-corrected chi connectivity index (χ2v) is 6.67. The third-order valence-electron chi connectivity index (χ3n) is 3.65. The molecule has 1 aliphatic rings. The van der Waals surface area contributed by atoms with E-state index in [1.54, 1.807) is 11.9 Å². The number of nitrogens with zero attached hydrogens (tertiary/aromatic N) is 5. The number of carbonyl (C=O) groups is 1. The normalized spacial score (nSPS) is 14.1. The molecule has 1 aromatic carbocycles. The van der Waals surface area contributed by atoms with Gasteiger partial charge in [-0.1, -0.05) is 17.8 Å². The molecule has 1 saturated carbocycles. The molecule has 0 radical (unpaired) electrons. The Morgan fingerprint density at radius 1 is 1.32 bits per heavy atom. The van der Waals surface area contributed by atoms with Crippen LogP contribution in [0.4, 0.5) is 5.69 Å². The zero-order valence-electron chi connectivity index (χ0n) is 13.0. The van der Waals surface area contributed by atoms with E-state index in [9.17, 15) is 4.79 Å². The first-order valence-corrected chi connectivity index (χ1v) is 8.28. The van der Waals surface area contributed by atoms with Crippen molar-refractivity contribution in [2.45, 2.75) is 37.9 Å². The quantitative estimate of drug-likeness (QED) is 0.792. The summed E-state index contributed by atoms with van der Waals surface area (Å²) < 4.78 is 1.83. The molecule has 0 N–H and O–H groups in total. The number of carbonyl (C=O) groups excluding carboxylic acids is 1. The lowest BCUT2D eigenvalue weighted by atomic mass is 10.1. The predicted octanol–water partition coefficient (Wildman–Crippen LogP) is 2.38. The van der Waals surface area contributed by atoms with Gasteiger partial charge in [0, 0.05) is 12.7 Å². The van der Waals surface area contributed by atoms with Gasteiger partial charge in [0.1, 0.15) is 0 Å². The van der Waals surface area contributed by atoms with E-state index in [0.29, 0.717) is 11.8 Å². The molecule has 116 valence electrons. The Balaban J connectivity index is 1.64. The summed E-state index contributed by atoms with van der Waals surface area (Å²) in [5.74, 6) is 0.372. The minimum atomic E-state index is 0.0420. The molecule has 1 amide bonds. The summed E-state index contributed by atoms with van der Waals surface area (Å²) in [6.07, 6.45) is 2.24. The van der Waals surface area contributed by atoms with Crippen molar-refractivity contribution in [3.05, 3.63) is 29.3 Å². The molecule has 1 aromatic heterocycles. The Kier molecular flexibility index (Phi) is 4.15. The van der Waals surface area contributed by atoms with Gasteiger partial charge >= 0.3 is 0 Å². The molecule has 0 unspecified atom stereocenters. The molecular formula is C15H19N5OS. The summed E-state index contributed by atoms with van der Waals surface area (Å²) in [6.45, 7) is 4.07. The van der Waals surface area contributed by atoms with Crippen LogP contribution in [0, 0.1) is 13.8 Å². The van der Waals surface area contributed by atoms with Crippen molar-refractivity contribution in [2.75, 3.05) is 17.7 Å². The van der Waals surface area contributed by atoms with Crippen LogP contribution < -0.4 is 4.90 Å². The Hall–Kier alpha value is -1.89. The van der Waals surface area contributed by atoms with Crippen LogP contribution in [0.2, 0.25) is 0 Å². The maximum atomic E-state index is 12.4. The van der Waals surface area contributed by atoms with E-state index in [1.165, 1.54) is 11.8 Å². The van der Waals surface area contributed by atoms with Crippen LogP contribution in [0.1, 0.15) is 30.0 Å². The van der Waals surface area contributed by atoms with Gasteiger partial charge in [0.15, 0.2) is 0 Å². The molecule has 0 aliphatic heterocycles. The van der Waals surface area contributed by atoms with Crippen molar-refractivity contribution in [1.29, 1.82) is 0 Å². The van der Waals surface area contributed by atoms with Crippen molar-refractivity contribution in [1.82, 2.24) is 20.2 Å². The minimum absolute atomic E-state index is 0.0420. The fourth-order valence-corrected chi connectivity index (χ4v) is 3.20. The van der Waals surface area contributed by atoms with Crippen LogP contribution in [0.25, 0.3) is 0 Å². The van der Waals surface area contributed by atoms with E-state index in [2.05, 4.69) is 21.6 Å². The van der Waals surface area contributed by atoms with Crippen LogP contribution in [-0.4, -0.2) is 38.9 Å². The van der Waals surface area contributed by atoms with E-state index in [0.717, 1.165) is 34.8 Å². The van der Waals surface area contributed by atoms with Gasteiger partial charge < -0.3 is 4.90 Å². The molecule has 1 heterocycles. The number of thioether (sulfide) groups is 1. The van der Waals surface area contributed by atoms with Crippen molar-refractivity contribution >= 4 is 23.4 Å². The summed E-state index contributed by atoms with van der Waals surface area (Å²) in [4.78, 5) is 14.1. The molecule has 7 heteroatoms. The third-order valence-corrected chi connectivity index (χ3v) is 4.57. The highest BCUT2D eigenvalue weighted by atomic mass is 32.2. The van der Waals surface area contributed by atoms with Crippen LogP contribution >= 0.6 is 11.8 Å². The SMILES string of the molecule is Cc1cc(C)cc(N(C)C(=O)CSc2nnnn2C2CC2)c1. The maximum Gasteiger partial charge on any atom is 0.237 e. The average Bonchev–Trinajstić information content (AvgIpc) is 3.21. The summed E-state index contributed by atoms with van der Waals surface area (Å²) in [5, 5.41) is 12.4. The molecule has 2 aromatic rings. The number of tetrazole rings is 1. The molecule has 0 spiro atoms. The Labute approximate surface area is 133 Å². The van der Waals surface area contributed by atoms with Gasteiger partial charge in [0.2, 0.25) is 11.1 Å². The molecule has 0 saturated heterocycles. The first-order valence-electron chi connectivity index (χ1n) is 7.30. The standard InChI is InChI=1S/C15H19N5OS/c1-10-6-11(2)8-13(7-10)19(3)14(21)9-22-15-16-17-18-20(15)12-4-5-12/h6-8,12H,4-5,9H2,1-3H3. The zero-order valence-corrected chi connectivity index (χ0v) is 13.8. The molecule has 1 fully saturated rings. The Bertz CT molecular complexity index is 675. The summed E-state index contributed by atoms with van der Waals surface area (Å²) >= 11 is 1.40. The summed E-state index contributed by atoms with van der Waals surface area (Å²) in [6, 6.07) is 6.55. The minimum Gasteiger partial charge on any atom is -0.315 e. The number of rotatable bonds is 5. The number of hydrogen-bond acceptors (Lipinski definition) is 5. The molecule has 1 aliphatic carbocycles. The van der Waals surface area contributed by atoms with Crippen LogP contribution in [-0.2, 0) is 4.79 Å². The molecule has 3 rings (SSSR count). The Morgan fingerprint density at radius 3 is 2.64 bits per heavy atom. The molecule has 0 atom stereocenters. The monoisotopic (exact) mass is 317 g/mol. The zero-order chi connectivity index (χ0) is 15.7. The molecular weight excluding hydrogens is 298 g/mol. The molecule has 6 nitrogen and oxygen atoms in total. The molecule has 0 bridgehead atoms. The number of aryl methyl sites for hydroxylation is 2. The number of anilines is 1. The van der Waals surface area contributed by atoms with E-state index < -0.39 is 0 Å². The fourth-order valence-electron chi connectivity index (χ4n) is 2.34. The van der Waals surface area contributed by atoms with Gasteiger partial charge in [0.05, 0.1) is 11.8 Å². The topological polar surface area (TPSA) is 63.9 Å². The lowest BCUT2D eigenvalue weighted by molar-refractivity contribution is -0.115. The fraction of sp³-hybridized carbons (Fsp3) is 0.467. The summed E-state index contributed by atoms with van der Waals surface area (Å²) in [7, 11) is 1.81. The van der Waals surface area contributed by atoms with Crippen molar-refractivity contribution in [3.63, 3.8) is 0 Å². The number of amides is 1. The predicted molar refractivity (Wildman–Crippen MR) is 86.1 cm³/mol. The van der Waals surface area contributed by atoms with Gasteiger partial charge in [-0.3, -0.25) is 4.79 Å². The second kappa shape index (κ2) is 6.08.